The third-order valence-electron chi connectivity index (χ3n) is 8.68. The van der Waals surface area contributed by atoms with Gasteiger partial charge in [0.1, 0.15) is 11.2 Å². The summed E-state index contributed by atoms with van der Waals surface area (Å²) < 4.78 is 6.38. The molecule has 5 aromatic rings. The molecular weight excluding hydrogens is 593 g/mol. The molecule has 0 saturated heterocycles. The van der Waals surface area contributed by atoms with E-state index in [0.717, 1.165) is 47.0 Å². The monoisotopic (exact) mass is 625 g/mol. The zero-order valence-corrected chi connectivity index (χ0v) is 27.6. The first-order valence-electron chi connectivity index (χ1n) is 14.9. The molecule has 8 heteroatoms. The zero-order valence-electron chi connectivity index (χ0n) is 24.4. The first-order chi connectivity index (χ1) is 20.4. The minimum absolute atomic E-state index is 0.683. The molecule has 4 heterocycles. The van der Waals surface area contributed by atoms with Gasteiger partial charge in [0.15, 0.2) is 0 Å². The van der Waals surface area contributed by atoms with Crippen LogP contribution in [0.3, 0.4) is 0 Å². The number of aromatic nitrogens is 3. The Morgan fingerprint density at radius 1 is 0.881 bits per heavy atom. The number of hydrogen-bond donors (Lipinski definition) is 0. The molecule has 3 aliphatic rings. The van der Waals surface area contributed by atoms with Gasteiger partial charge in [-0.2, -0.15) is 4.57 Å². The smallest absolute Gasteiger partial charge is 0.263 e. The van der Waals surface area contributed by atoms with Gasteiger partial charge in [0.25, 0.3) is 5.01 Å². The van der Waals surface area contributed by atoms with E-state index >= 15 is 0 Å². The van der Waals surface area contributed by atoms with Crippen molar-refractivity contribution in [1.29, 1.82) is 0 Å². The maximum absolute atomic E-state index is 4.74. The molecule has 4 nitrogen and oxygen atoms in total. The summed E-state index contributed by atoms with van der Waals surface area (Å²) >= 11 is 7.39. The van der Waals surface area contributed by atoms with Gasteiger partial charge in [-0.3, -0.25) is 0 Å². The summed E-state index contributed by atoms with van der Waals surface area (Å²) in [7, 11) is 0. The van der Waals surface area contributed by atoms with Gasteiger partial charge in [-0.25, -0.2) is 9.97 Å². The Morgan fingerprint density at radius 2 is 1.64 bits per heavy atom. The van der Waals surface area contributed by atoms with Crippen molar-refractivity contribution in [2.75, 3.05) is 11.4 Å². The first kappa shape index (κ1) is 26.8. The predicted octanol–water partition coefficient (Wildman–Crippen LogP) is 9.96. The Balaban J connectivity index is 1.11. The second-order valence-electron chi connectivity index (χ2n) is 11.4. The number of nitrogens with zero attached hydrogens (tertiary/aromatic N) is 4. The molecule has 0 N–H and O–H groups in total. The van der Waals surface area contributed by atoms with E-state index in [1.165, 1.54) is 69.8 Å². The van der Waals surface area contributed by atoms with Gasteiger partial charge in [-0.15, -0.1) is 22.7 Å². The van der Waals surface area contributed by atoms with Crippen LogP contribution in [0.4, 0.5) is 5.69 Å². The highest BCUT2D eigenvalue weighted by molar-refractivity contribution is 8.03. The van der Waals surface area contributed by atoms with Crippen molar-refractivity contribution in [3.8, 4) is 0 Å². The van der Waals surface area contributed by atoms with Crippen molar-refractivity contribution in [3.05, 3.63) is 79.3 Å². The van der Waals surface area contributed by atoms with Gasteiger partial charge in [-0.1, -0.05) is 35.3 Å². The van der Waals surface area contributed by atoms with E-state index in [1.807, 2.05) is 23.1 Å². The topological polar surface area (TPSA) is 32.9 Å². The summed E-state index contributed by atoms with van der Waals surface area (Å²) in [6.07, 6.45) is 14.7. The number of thiazole rings is 3. The van der Waals surface area contributed by atoms with Crippen molar-refractivity contribution < 1.29 is 4.57 Å². The van der Waals surface area contributed by atoms with E-state index in [9.17, 15) is 0 Å². The number of hydrogen-bond acceptors (Lipinski definition) is 7. The molecule has 0 spiro atoms. The van der Waals surface area contributed by atoms with Crippen LogP contribution in [-0.4, -0.2) is 16.5 Å². The second-order valence-corrected chi connectivity index (χ2v) is 16.0. The molecule has 0 saturated carbocycles. The van der Waals surface area contributed by atoms with Crippen LogP contribution in [0.1, 0.15) is 54.6 Å². The quantitative estimate of drug-likeness (QED) is 0.186. The van der Waals surface area contributed by atoms with Gasteiger partial charge >= 0.3 is 0 Å². The summed E-state index contributed by atoms with van der Waals surface area (Å²) in [4.78, 5) is 13.3. The van der Waals surface area contributed by atoms with Crippen molar-refractivity contribution in [3.63, 3.8) is 0 Å². The highest BCUT2D eigenvalue weighted by Gasteiger charge is 2.28. The molecule has 0 bridgehead atoms. The van der Waals surface area contributed by atoms with Crippen molar-refractivity contribution in [2.45, 2.75) is 64.8 Å². The van der Waals surface area contributed by atoms with E-state index < -0.39 is 0 Å². The van der Waals surface area contributed by atoms with Gasteiger partial charge in [0, 0.05) is 23.6 Å². The molecule has 212 valence electrons. The summed E-state index contributed by atoms with van der Waals surface area (Å²) in [6, 6.07) is 9.25. The highest BCUT2D eigenvalue weighted by atomic mass is 32.2. The standard InChI is InChI=1S/C34H33N4S4/c1-5-37-27-17-29-25(35-19(3)39-29)15-31(27)41-33(37)13-21-7-9-23-10-8-22(12-24(23)11-21)14-34-38(6-2)28-18-30-26(16-32(28)42-34)36-20(4)40-30/h11-18,23H,5-10H2,1-4H3/q+1. The van der Waals surface area contributed by atoms with E-state index in [2.05, 4.69) is 85.7 Å². The van der Waals surface area contributed by atoms with Crippen molar-refractivity contribution in [1.82, 2.24) is 9.97 Å². The van der Waals surface area contributed by atoms with E-state index in [0.29, 0.717) is 5.92 Å². The van der Waals surface area contributed by atoms with Crippen molar-refractivity contribution in [2.24, 2.45) is 5.92 Å². The molecule has 1 aliphatic heterocycles. The molecule has 0 radical (unpaired) electrons. The molecule has 2 aromatic carbocycles. The number of fused-ring (bicyclic) bond motifs is 5. The molecule has 1 unspecified atom stereocenters. The number of aryl methyl sites for hydroxylation is 3. The maximum Gasteiger partial charge on any atom is 0.263 e. The molecule has 2 aliphatic carbocycles. The summed E-state index contributed by atoms with van der Waals surface area (Å²) in [5, 5.41) is 4.96. The Labute approximate surface area is 262 Å². The third kappa shape index (κ3) is 4.58. The lowest BCUT2D eigenvalue weighted by Gasteiger charge is -2.28. The largest absolute Gasteiger partial charge is 0.335 e. The molecule has 0 amide bonds. The van der Waals surface area contributed by atoms with Crippen LogP contribution in [0.25, 0.3) is 36.7 Å². The third-order valence-corrected chi connectivity index (χ3v) is 12.7. The number of benzene rings is 2. The Hall–Kier alpha value is -2.78. The SMILES string of the molecule is CCN1/C(=C/C2=CC3=C/C(=C/c4sc5cc6nc(C)sc6cc5[n+]4CC)CCC3CC2)Sc2cc3nc(C)sc3cc21. The summed E-state index contributed by atoms with van der Waals surface area (Å²) in [5.41, 5.74) is 9.34. The van der Waals surface area contributed by atoms with Crippen LogP contribution >= 0.6 is 45.8 Å². The molecule has 3 aromatic heterocycles. The average molecular weight is 626 g/mol. The fourth-order valence-corrected chi connectivity index (χ4v) is 10.8. The van der Waals surface area contributed by atoms with Crippen LogP contribution in [0.15, 0.2) is 69.1 Å². The van der Waals surface area contributed by atoms with Crippen LogP contribution in [0, 0.1) is 19.8 Å². The lowest BCUT2D eigenvalue weighted by atomic mass is 9.77. The number of allylic oxidation sites excluding steroid dienone is 6. The summed E-state index contributed by atoms with van der Waals surface area (Å²) in [5.74, 6) is 0.683. The van der Waals surface area contributed by atoms with Crippen LogP contribution in [-0.2, 0) is 6.54 Å². The fraction of sp³-hybridized carbons (Fsp3) is 0.324. The van der Waals surface area contributed by atoms with E-state index in [4.69, 9.17) is 9.97 Å². The average Bonchev–Trinajstić information content (AvgIpc) is 3.70. The Morgan fingerprint density at radius 3 is 2.43 bits per heavy atom. The van der Waals surface area contributed by atoms with Crippen molar-refractivity contribution >= 4 is 88.2 Å². The van der Waals surface area contributed by atoms with Crippen LogP contribution < -0.4 is 9.47 Å². The summed E-state index contributed by atoms with van der Waals surface area (Å²) in [6.45, 7) is 10.7. The highest BCUT2D eigenvalue weighted by Crippen LogP contribution is 2.49. The minimum atomic E-state index is 0.683. The number of rotatable bonds is 4. The molecule has 42 heavy (non-hydrogen) atoms. The molecular formula is C34H33N4S4+. The normalized spacial score (nSPS) is 20.7. The van der Waals surface area contributed by atoms with E-state index in [-0.39, 0.29) is 0 Å². The number of anilines is 1. The van der Waals surface area contributed by atoms with Gasteiger partial charge < -0.3 is 4.90 Å². The predicted molar refractivity (Wildman–Crippen MR) is 183 cm³/mol. The lowest BCUT2D eigenvalue weighted by molar-refractivity contribution is -0.665. The van der Waals surface area contributed by atoms with Gasteiger partial charge in [0.2, 0.25) is 5.52 Å². The Bertz CT molecular complexity index is 2030. The lowest BCUT2D eigenvalue weighted by Crippen LogP contribution is -2.33. The fourth-order valence-electron chi connectivity index (χ4n) is 6.70. The van der Waals surface area contributed by atoms with Crippen LogP contribution in [0.5, 0.6) is 0 Å². The minimum Gasteiger partial charge on any atom is -0.335 e. The second kappa shape index (κ2) is 10.4. The Kier molecular flexibility index (Phi) is 6.67. The molecule has 1 atom stereocenters. The molecule has 0 fully saturated rings. The zero-order chi connectivity index (χ0) is 28.5. The first-order valence-corrected chi connectivity index (χ1v) is 18.2. The van der Waals surface area contributed by atoms with Gasteiger partial charge in [-0.05, 0) is 100 Å². The number of thioether (sulfide) groups is 1. The van der Waals surface area contributed by atoms with E-state index in [1.54, 1.807) is 22.7 Å². The van der Waals surface area contributed by atoms with Crippen LogP contribution in [0.2, 0.25) is 0 Å². The molecule has 8 rings (SSSR count). The van der Waals surface area contributed by atoms with Gasteiger partial charge in [0.05, 0.1) is 41.2 Å². The maximum atomic E-state index is 4.74.